The van der Waals surface area contributed by atoms with Crippen molar-refractivity contribution < 1.29 is 14.3 Å². The summed E-state index contributed by atoms with van der Waals surface area (Å²) in [5.41, 5.74) is 4.05. The third-order valence-corrected chi connectivity index (χ3v) is 3.76. The molecule has 0 saturated heterocycles. The first kappa shape index (κ1) is 16.7. The van der Waals surface area contributed by atoms with Gasteiger partial charge < -0.3 is 9.47 Å². The van der Waals surface area contributed by atoms with Crippen LogP contribution in [0.3, 0.4) is 0 Å². The third kappa shape index (κ3) is 4.44. The van der Waals surface area contributed by atoms with Gasteiger partial charge >= 0.3 is 5.97 Å². The van der Waals surface area contributed by atoms with Crippen LogP contribution in [0.25, 0.3) is 23.1 Å². The lowest BCUT2D eigenvalue weighted by Crippen LogP contribution is -2.12. The molecule has 3 aromatic rings. The first-order chi connectivity index (χ1) is 12.1. The van der Waals surface area contributed by atoms with Gasteiger partial charge in [0.1, 0.15) is 5.75 Å². The monoisotopic (exact) mass is 333 g/mol. The Kier molecular flexibility index (Phi) is 5.09. The molecule has 0 atom stereocenters. The van der Waals surface area contributed by atoms with Crippen LogP contribution in [0.1, 0.15) is 16.8 Å². The zero-order chi connectivity index (χ0) is 17.6. The summed E-state index contributed by atoms with van der Waals surface area (Å²) < 4.78 is 9.96. The second-order valence-electron chi connectivity index (χ2n) is 5.70. The van der Waals surface area contributed by atoms with Gasteiger partial charge in [-0.3, -0.25) is 0 Å². The average molecular weight is 333 g/mol. The maximum atomic E-state index is 11.1. The Bertz CT molecular complexity index is 931. The summed E-state index contributed by atoms with van der Waals surface area (Å²) in [5, 5.41) is 1.13. The molecule has 0 N–H and O–H groups in total. The maximum Gasteiger partial charge on any atom is 0.343 e. The van der Waals surface area contributed by atoms with Crippen molar-refractivity contribution in [2.24, 2.45) is 0 Å². The molecule has 0 bridgehead atoms. The van der Waals surface area contributed by atoms with E-state index in [2.05, 4.69) is 34.8 Å². The Balaban J connectivity index is 1.75. The number of hydrogen-bond acceptors (Lipinski definition) is 4. The van der Waals surface area contributed by atoms with Crippen molar-refractivity contribution in [3.8, 4) is 5.75 Å². The second-order valence-corrected chi connectivity index (χ2v) is 5.70. The number of carbonyl (C=O) groups excluding carboxylic acids is 1. The van der Waals surface area contributed by atoms with Gasteiger partial charge in [-0.2, -0.15) is 0 Å². The van der Waals surface area contributed by atoms with Gasteiger partial charge in [-0.1, -0.05) is 35.9 Å². The molecule has 126 valence electrons. The highest BCUT2D eigenvalue weighted by molar-refractivity contribution is 5.81. The number of esters is 1. The fourth-order valence-corrected chi connectivity index (χ4v) is 2.44. The second kappa shape index (κ2) is 7.62. The number of carbonyl (C=O) groups is 1. The van der Waals surface area contributed by atoms with Crippen LogP contribution in [0.4, 0.5) is 0 Å². The first-order valence-corrected chi connectivity index (χ1v) is 7.99. The molecule has 4 heteroatoms. The maximum absolute atomic E-state index is 11.1. The molecular weight excluding hydrogens is 314 g/mol. The SMILES string of the molecule is COC(=O)COc1cccc(/C=C/c2ccc3cc(C)ccc3n2)c1. The predicted octanol–water partition coefficient (Wildman–Crippen LogP) is 4.27. The van der Waals surface area contributed by atoms with Crippen LogP contribution in [0.5, 0.6) is 5.75 Å². The number of aromatic nitrogens is 1. The Hall–Kier alpha value is -3.14. The van der Waals surface area contributed by atoms with Crippen molar-refractivity contribution in [1.82, 2.24) is 4.98 Å². The molecule has 0 radical (unpaired) electrons. The van der Waals surface area contributed by atoms with E-state index in [0.717, 1.165) is 22.2 Å². The Morgan fingerprint density at radius 1 is 1.08 bits per heavy atom. The quantitative estimate of drug-likeness (QED) is 0.654. The number of rotatable bonds is 5. The lowest BCUT2D eigenvalue weighted by molar-refractivity contribution is -0.142. The third-order valence-electron chi connectivity index (χ3n) is 3.76. The summed E-state index contributed by atoms with van der Waals surface area (Å²) >= 11 is 0. The van der Waals surface area contributed by atoms with Gasteiger partial charge in [-0.05, 0) is 48.9 Å². The van der Waals surface area contributed by atoms with E-state index in [4.69, 9.17) is 4.74 Å². The fraction of sp³-hybridized carbons (Fsp3) is 0.143. The van der Waals surface area contributed by atoms with Crippen molar-refractivity contribution >= 4 is 29.0 Å². The van der Waals surface area contributed by atoms with Crippen LogP contribution in [-0.4, -0.2) is 24.7 Å². The van der Waals surface area contributed by atoms with Gasteiger partial charge in [0.15, 0.2) is 6.61 Å². The highest BCUT2D eigenvalue weighted by Crippen LogP contribution is 2.18. The molecule has 2 aromatic carbocycles. The van der Waals surface area contributed by atoms with Crippen LogP contribution in [-0.2, 0) is 9.53 Å². The summed E-state index contributed by atoms with van der Waals surface area (Å²) in [5.74, 6) is 0.214. The van der Waals surface area contributed by atoms with Crippen LogP contribution in [0, 0.1) is 6.92 Å². The van der Waals surface area contributed by atoms with Gasteiger partial charge in [-0.25, -0.2) is 9.78 Å². The first-order valence-electron chi connectivity index (χ1n) is 7.99. The van der Waals surface area contributed by atoms with Gasteiger partial charge in [0, 0.05) is 5.39 Å². The van der Waals surface area contributed by atoms with Gasteiger partial charge in [0.05, 0.1) is 18.3 Å². The molecule has 3 rings (SSSR count). The van der Waals surface area contributed by atoms with Crippen molar-refractivity contribution in [2.75, 3.05) is 13.7 Å². The van der Waals surface area contributed by atoms with E-state index in [0.29, 0.717) is 5.75 Å². The number of benzene rings is 2. The van der Waals surface area contributed by atoms with Crippen LogP contribution >= 0.6 is 0 Å². The number of aryl methyl sites for hydroxylation is 1. The Labute approximate surface area is 146 Å². The predicted molar refractivity (Wildman–Crippen MR) is 99.4 cm³/mol. The van der Waals surface area contributed by atoms with Gasteiger partial charge in [0.2, 0.25) is 0 Å². The highest BCUT2D eigenvalue weighted by atomic mass is 16.6. The number of methoxy groups -OCH3 is 1. The summed E-state index contributed by atoms with van der Waals surface area (Å²) in [6.07, 6.45) is 3.92. The number of hydrogen-bond donors (Lipinski definition) is 0. The number of pyridine rings is 1. The molecule has 4 nitrogen and oxygen atoms in total. The van der Waals surface area contributed by atoms with Gasteiger partial charge in [0.25, 0.3) is 0 Å². The summed E-state index contributed by atoms with van der Waals surface area (Å²) in [7, 11) is 1.34. The molecule has 0 saturated carbocycles. The number of fused-ring (bicyclic) bond motifs is 1. The van der Waals surface area contributed by atoms with E-state index in [9.17, 15) is 4.79 Å². The lowest BCUT2D eigenvalue weighted by atomic mass is 10.1. The fourth-order valence-electron chi connectivity index (χ4n) is 2.44. The summed E-state index contributed by atoms with van der Waals surface area (Å²) in [4.78, 5) is 15.8. The Morgan fingerprint density at radius 3 is 2.80 bits per heavy atom. The molecule has 25 heavy (non-hydrogen) atoms. The van der Waals surface area contributed by atoms with Crippen molar-refractivity contribution in [2.45, 2.75) is 6.92 Å². The zero-order valence-corrected chi connectivity index (χ0v) is 14.2. The molecule has 0 aliphatic rings. The normalized spacial score (nSPS) is 11.0. The molecule has 1 aromatic heterocycles. The molecule has 0 spiro atoms. The van der Waals surface area contributed by atoms with Gasteiger partial charge in [-0.15, -0.1) is 0 Å². The lowest BCUT2D eigenvalue weighted by Gasteiger charge is -2.05. The van der Waals surface area contributed by atoms with E-state index in [1.807, 2.05) is 42.5 Å². The van der Waals surface area contributed by atoms with E-state index in [-0.39, 0.29) is 6.61 Å². The number of ether oxygens (including phenoxy) is 2. The molecule has 1 heterocycles. The highest BCUT2D eigenvalue weighted by Gasteiger charge is 2.02. The van der Waals surface area contributed by atoms with E-state index >= 15 is 0 Å². The van der Waals surface area contributed by atoms with E-state index < -0.39 is 5.97 Å². The molecule has 0 unspecified atom stereocenters. The zero-order valence-electron chi connectivity index (χ0n) is 14.2. The van der Waals surface area contributed by atoms with Crippen LogP contribution < -0.4 is 4.74 Å². The summed E-state index contributed by atoms with van der Waals surface area (Å²) in [6, 6.07) is 17.8. The molecule has 0 aliphatic carbocycles. The standard InChI is InChI=1S/C21H19NO3/c1-15-6-11-20-17(12-15)8-10-18(22-20)9-7-16-4-3-5-19(13-16)25-14-21(23)24-2/h3-13H,14H2,1-2H3/b9-7+. The Morgan fingerprint density at radius 2 is 1.96 bits per heavy atom. The minimum Gasteiger partial charge on any atom is -0.482 e. The molecular formula is C21H19NO3. The molecule has 0 fully saturated rings. The molecule has 0 aliphatic heterocycles. The topological polar surface area (TPSA) is 48.4 Å². The van der Waals surface area contributed by atoms with E-state index in [1.165, 1.54) is 12.7 Å². The van der Waals surface area contributed by atoms with Crippen molar-refractivity contribution in [3.63, 3.8) is 0 Å². The minimum absolute atomic E-state index is 0.102. The summed E-state index contributed by atoms with van der Waals surface area (Å²) in [6.45, 7) is 1.97. The van der Waals surface area contributed by atoms with Crippen molar-refractivity contribution in [1.29, 1.82) is 0 Å². The largest absolute Gasteiger partial charge is 0.482 e. The van der Waals surface area contributed by atoms with E-state index in [1.54, 1.807) is 6.07 Å². The average Bonchev–Trinajstić information content (AvgIpc) is 2.64. The smallest absolute Gasteiger partial charge is 0.343 e. The minimum atomic E-state index is -0.406. The van der Waals surface area contributed by atoms with Crippen LogP contribution in [0.15, 0.2) is 54.6 Å². The van der Waals surface area contributed by atoms with Crippen LogP contribution in [0.2, 0.25) is 0 Å². The molecule has 0 amide bonds. The number of nitrogens with zero attached hydrogens (tertiary/aromatic N) is 1. The van der Waals surface area contributed by atoms with Crippen molar-refractivity contribution in [3.05, 3.63) is 71.4 Å².